The van der Waals surface area contributed by atoms with Crippen LogP contribution in [0.5, 0.6) is 0 Å². The summed E-state index contributed by atoms with van der Waals surface area (Å²) in [7, 11) is 1.70. The number of aliphatic hydroxyl groups excluding tert-OH is 1. The topological polar surface area (TPSA) is 117 Å². The standard InChI is InChI=1S/C38H55N3O7/c1-8-11-18-30(43)39(7)26(6)33(27-16-14-13-15-17-27)47-37(46)31-29-19-20-38(48-29)32(31)35(44)41(28(24-42)23-25(4)5)34(38)36(45)40(21-10-3)22-12-9-2/h8,10,13-17,25-26,28-29,31-34,42H,1,3,9,11-12,18-24H2,2,4-7H3/t26-,28+,29-,31+,32+,33+,34-,38+/m0/s1. The molecule has 3 amide bonds. The van der Waals surface area contributed by atoms with E-state index in [4.69, 9.17) is 9.47 Å². The fourth-order valence-corrected chi connectivity index (χ4v) is 7.94. The molecule has 0 aliphatic carbocycles. The van der Waals surface area contributed by atoms with Crippen LogP contribution in [0.2, 0.25) is 0 Å². The summed E-state index contributed by atoms with van der Waals surface area (Å²) >= 11 is 0. The van der Waals surface area contributed by atoms with E-state index in [1.807, 2.05) is 51.1 Å². The molecule has 48 heavy (non-hydrogen) atoms. The van der Waals surface area contributed by atoms with Gasteiger partial charge in [0.05, 0.1) is 36.6 Å². The van der Waals surface area contributed by atoms with Crippen LogP contribution in [-0.4, -0.2) is 100 Å². The summed E-state index contributed by atoms with van der Waals surface area (Å²) in [5.41, 5.74) is -0.495. The Bertz CT molecular complexity index is 1320. The minimum atomic E-state index is -1.22. The number of likely N-dealkylation sites (tertiary alicyclic amines) is 1. The van der Waals surface area contributed by atoms with Crippen molar-refractivity contribution < 1.29 is 33.8 Å². The Labute approximate surface area is 286 Å². The molecule has 1 N–H and O–H groups in total. The first-order chi connectivity index (χ1) is 23.0. The van der Waals surface area contributed by atoms with Gasteiger partial charge in [0, 0.05) is 26.6 Å². The number of benzene rings is 1. The number of aliphatic hydroxyl groups is 1. The number of carbonyl (C=O) groups excluding carboxylic acids is 4. The van der Waals surface area contributed by atoms with Gasteiger partial charge in [-0.2, -0.15) is 0 Å². The number of amides is 3. The number of carbonyl (C=O) groups is 4. The van der Waals surface area contributed by atoms with Gasteiger partial charge in [-0.1, -0.05) is 69.7 Å². The van der Waals surface area contributed by atoms with Crippen molar-refractivity contribution in [1.29, 1.82) is 0 Å². The van der Waals surface area contributed by atoms with Crippen LogP contribution in [0.25, 0.3) is 0 Å². The van der Waals surface area contributed by atoms with E-state index in [0.717, 1.165) is 18.4 Å². The number of hydrogen-bond acceptors (Lipinski definition) is 7. The number of esters is 1. The second-order valence-corrected chi connectivity index (χ2v) is 14.0. The minimum Gasteiger partial charge on any atom is -0.455 e. The lowest BCUT2D eigenvalue weighted by Crippen LogP contribution is -2.59. The van der Waals surface area contributed by atoms with E-state index in [1.54, 1.807) is 33.9 Å². The molecule has 3 aliphatic heterocycles. The molecular formula is C38H55N3O7. The Morgan fingerprint density at radius 1 is 1.17 bits per heavy atom. The van der Waals surface area contributed by atoms with Gasteiger partial charge in [-0.3, -0.25) is 19.2 Å². The van der Waals surface area contributed by atoms with Gasteiger partial charge in [-0.05, 0) is 50.5 Å². The molecule has 10 heteroatoms. The third kappa shape index (κ3) is 7.25. The molecule has 0 radical (unpaired) electrons. The zero-order valence-electron chi connectivity index (χ0n) is 29.4. The molecule has 0 aromatic heterocycles. The Morgan fingerprint density at radius 3 is 2.48 bits per heavy atom. The van der Waals surface area contributed by atoms with Crippen molar-refractivity contribution in [3.05, 3.63) is 61.2 Å². The highest BCUT2D eigenvalue weighted by molar-refractivity contribution is 5.98. The zero-order chi connectivity index (χ0) is 35.2. The quantitative estimate of drug-likeness (QED) is 0.179. The summed E-state index contributed by atoms with van der Waals surface area (Å²) in [6.07, 6.45) is 5.89. The molecule has 1 aromatic carbocycles. The first kappa shape index (κ1) is 37.3. The molecule has 8 atom stereocenters. The van der Waals surface area contributed by atoms with Crippen LogP contribution < -0.4 is 0 Å². The number of rotatable bonds is 18. The number of likely N-dealkylation sites (N-methyl/N-ethyl adjacent to an activating group) is 1. The van der Waals surface area contributed by atoms with Crippen molar-refractivity contribution in [2.75, 3.05) is 26.7 Å². The number of hydrogen-bond donors (Lipinski definition) is 1. The van der Waals surface area contributed by atoms with Gasteiger partial charge in [0.15, 0.2) is 0 Å². The van der Waals surface area contributed by atoms with Crippen molar-refractivity contribution in [2.45, 2.75) is 109 Å². The molecule has 1 aromatic rings. The van der Waals surface area contributed by atoms with Crippen molar-refractivity contribution in [3.63, 3.8) is 0 Å². The van der Waals surface area contributed by atoms with Gasteiger partial charge in [-0.15, -0.1) is 13.2 Å². The van der Waals surface area contributed by atoms with E-state index in [9.17, 15) is 24.3 Å². The van der Waals surface area contributed by atoms with Crippen molar-refractivity contribution in [3.8, 4) is 0 Å². The lowest BCUT2D eigenvalue weighted by atomic mass is 9.70. The van der Waals surface area contributed by atoms with Crippen molar-refractivity contribution in [2.24, 2.45) is 17.8 Å². The lowest BCUT2D eigenvalue weighted by molar-refractivity contribution is -0.165. The van der Waals surface area contributed by atoms with Crippen LogP contribution in [0.15, 0.2) is 55.6 Å². The number of ether oxygens (including phenoxy) is 2. The van der Waals surface area contributed by atoms with E-state index in [1.165, 1.54) is 0 Å². The maximum Gasteiger partial charge on any atom is 0.313 e. The molecule has 0 unspecified atom stereocenters. The van der Waals surface area contributed by atoms with Crippen LogP contribution in [-0.2, 0) is 28.7 Å². The van der Waals surface area contributed by atoms with Crippen LogP contribution in [0.3, 0.4) is 0 Å². The van der Waals surface area contributed by atoms with E-state index in [0.29, 0.717) is 38.8 Å². The van der Waals surface area contributed by atoms with E-state index >= 15 is 0 Å². The highest BCUT2D eigenvalue weighted by atomic mass is 16.6. The molecule has 0 saturated carbocycles. The average Bonchev–Trinajstić information content (AvgIpc) is 3.73. The van der Waals surface area contributed by atoms with Crippen LogP contribution in [0.4, 0.5) is 0 Å². The Balaban J connectivity index is 1.72. The predicted octanol–water partition coefficient (Wildman–Crippen LogP) is 4.68. The number of nitrogens with zero attached hydrogens (tertiary/aromatic N) is 3. The molecule has 4 rings (SSSR count). The molecule has 1 spiro atoms. The molecule has 3 fully saturated rings. The normalized spacial score (nSPS) is 26.1. The van der Waals surface area contributed by atoms with E-state index in [2.05, 4.69) is 20.1 Å². The summed E-state index contributed by atoms with van der Waals surface area (Å²) < 4.78 is 13.0. The van der Waals surface area contributed by atoms with Crippen LogP contribution in [0, 0.1) is 17.8 Å². The number of fused-ring (bicyclic) bond motifs is 1. The lowest BCUT2D eigenvalue weighted by Gasteiger charge is -2.39. The van der Waals surface area contributed by atoms with E-state index in [-0.39, 0.29) is 36.7 Å². The molecule has 2 bridgehead atoms. The second kappa shape index (κ2) is 16.3. The third-order valence-corrected chi connectivity index (χ3v) is 10.4. The summed E-state index contributed by atoms with van der Waals surface area (Å²) in [6.45, 7) is 16.0. The summed E-state index contributed by atoms with van der Waals surface area (Å²) in [5, 5.41) is 10.6. The SMILES string of the molecule is C=CCCC(=O)N(C)[C@@H](C)[C@@H](OC(=O)[C@@H]1[C@@H]2CC[C@]3(O2)[C@H](C(=O)N(CC=C)CCCC)N([C@@H](CO)CC(C)C)C(=O)[C@@H]13)c1ccccc1. The van der Waals surface area contributed by atoms with Gasteiger partial charge >= 0.3 is 5.97 Å². The maximum absolute atomic E-state index is 14.6. The Kier molecular flexibility index (Phi) is 12.6. The van der Waals surface area contributed by atoms with Gasteiger partial charge < -0.3 is 29.3 Å². The largest absolute Gasteiger partial charge is 0.455 e. The Morgan fingerprint density at radius 2 is 1.88 bits per heavy atom. The predicted molar refractivity (Wildman–Crippen MR) is 183 cm³/mol. The van der Waals surface area contributed by atoms with Gasteiger partial charge in [0.1, 0.15) is 17.7 Å². The second-order valence-electron chi connectivity index (χ2n) is 14.0. The minimum absolute atomic E-state index is 0.100. The molecule has 3 saturated heterocycles. The van der Waals surface area contributed by atoms with Crippen molar-refractivity contribution in [1.82, 2.24) is 14.7 Å². The van der Waals surface area contributed by atoms with E-state index < -0.39 is 53.7 Å². The summed E-state index contributed by atoms with van der Waals surface area (Å²) in [4.78, 5) is 61.4. The smallest absolute Gasteiger partial charge is 0.313 e. The molecule has 3 heterocycles. The number of allylic oxidation sites excluding steroid dienone is 1. The summed E-state index contributed by atoms with van der Waals surface area (Å²) in [6, 6.07) is 7.17. The number of unbranched alkanes of at least 4 members (excludes halogenated alkanes) is 1. The van der Waals surface area contributed by atoms with Crippen LogP contribution in [0.1, 0.15) is 84.3 Å². The Hall–Kier alpha value is -3.50. The fourth-order valence-electron chi connectivity index (χ4n) is 7.94. The highest BCUT2D eigenvalue weighted by Crippen LogP contribution is 2.59. The van der Waals surface area contributed by atoms with Gasteiger partial charge in [0.2, 0.25) is 17.7 Å². The molecule has 3 aliphatic rings. The van der Waals surface area contributed by atoms with Gasteiger partial charge in [0.25, 0.3) is 0 Å². The molecular weight excluding hydrogens is 610 g/mol. The average molecular weight is 666 g/mol. The maximum atomic E-state index is 14.6. The zero-order valence-corrected chi connectivity index (χ0v) is 29.4. The molecule has 10 nitrogen and oxygen atoms in total. The first-order valence-electron chi connectivity index (χ1n) is 17.6. The van der Waals surface area contributed by atoms with Crippen molar-refractivity contribution >= 4 is 23.7 Å². The monoisotopic (exact) mass is 665 g/mol. The third-order valence-electron chi connectivity index (χ3n) is 10.4. The highest BCUT2D eigenvalue weighted by Gasteiger charge is 2.75. The summed E-state index contributed by atoms with van der Waals surface area (Å²) in [5.74, 6) is -3.01. The first-order valence-corrected chi connectivity index (χ1v) is 17.6. The molecule has 264 valence electrons. The van der Waals surface area contributed by atoms with Gasteiger partial charge in [-0.25, -0.2) is 0 Å². The van der Waals surface area contributed by atoms with Crippen LogP contribution >= 0.6 is 0 Å². The fraction of sp³-hybridized carbons (Fsp3) is 0.632.